The molecule has 4 aromatic rings. The van der Waals surface area contributed by atoms with Gasteiger partial charge in [0.2, 0.25) is 0 Å². The zero-order valence-corrected chi connectivity index (χ0v) is 18.5. The molecule has 0 N–H and O–H groups in total. The number of aryl methyl sites for hydroxylation is 1. The van der Waals surface area contributed by atoms with E-state index in [1.165, 1.54) is 75.4 Å². The first-order chi connectivity index (χ1) is 14.7. The molecule has 1 aromatic heterocycles. The first-order valence-electron chi connectivity index (χ1n) is 11.7. The van der Waals surface area contributed by atoms with Crippen molar-refractivity contribution in [3.05, 3.63) is 71.8 Å². The second-order valence-electron chi connectivity index (χ2n) is 10.5. The van der Waals surface area contributed by atoms with E-state index in [4.69, 9.17) is 0 Å². The predicted octanol–water partition coefficient (Wildman–Crippen LogP) is 8.50. The standard InChI is InChI=1S/C29H28S/c1-18-10-23(14-26-25-4-2-3-5-27(25)30-28(18)26)22-6-8-24(9-7-22)29-15-19-11-20(16-29)13-21(12-19)17-29/h2-10,14,19-21H,11-13,15-17H2,1H3. The van der Waals surface area contributed by atoms with Crippen molar-refractivity contribution in [1.29, 1.82) is 0 Å². The zero-order chi connectivity index (χ0) is 19.9. The summed E-state index contributed by atoms with van der Waals surface area (Å²) in [5, 5.41) is 2.81. The fourth-order valence-corrected chi connectivity index (χ4v) is 8.80. The molecule has 4 saturated carbocycles. The van der Waals surface area contributed by atoms with Crippen LogP contribution in [0.2, 0.25) is 0 Å². The summed E-state index contributed by atoms with van der Waals surface area (Å²) in [6, 6.07) is 23.4. The maximum absolute atomic E-state index is 2.48. The van der Waals surface area contributed by atoms with Crippen LogP contribution in [0.1, 0.15) is 49.7 Å². The monoisotopic (exact) mass is 408 g/mol. The molecule has 4 fully saturated rings. The van der Waals surface area contributed by atoms with Crippen LogP contribution in [0.15, 0.2) is 60.7 Å². The fourth-order valence-electron chi connectivity index (χ4n) is 7.64. The summed E-state index contributed by atoms with van der Waals surface area (Å²) in [5.41, 5.74) is 6.25. The van der Waals surface area contributed by atoms with Crippen molar-refractivity contribution >= 4 is 31.5 Å². The van der Waals surface area contributed by atoms with E-state index < -0.39 is 0 Å². The molecule has 1 heterocycles. The van der Waals surface area contributed by atoms with Crippen molar-refractivity contribution in [1.82, 2.24) is 0 Å². The third-order valence-corrected chi connectivity index (χ3v) is 9.85. The highest BCUT2D eigenvalue weighted by atomic mass is 32.1. The average Bonchev–Trinajstić information content (AvgIpc) is 3.12. The molecule has 3 aromatic carbocycles. The van der Waals surface area contributed by atoms with Gasteiger partial charge in [0.15, 0.2) is 0 Å². The SMILES string of the molecule is Cc1cc(-c2ccc(C34CC5CC(CC(C5)C3)C4)cc2)cc2c1sc1ccccc12. The second-order valence-corrected chi connectivity index (χ2v) is 11.6. The lowest BCUT2D eigenvalue weighted by molar-refractivity contribution is -0.00518. The van der Waals surface area contributed by atoms with Crippen LogP contribution < -0.4 is 0 Å². The molecular formula is C29H28S. The van der Waals surface area contributed by atoms with Crippen LogP contribution >= 0.6 is 11.3 Å². The first-order valence-corrected chi connectivity index (χ1v) is 12.5. The van der Waals surface area contributed by atoms with E-state index in [-0.39, 0.29) is 0 Å². The van der Waals surface area contributed by atoms with Gasteiger partial charge < -0.3 is 0 Å². The average molecular weight is 409 g/mol. The molecular weight excluding hydrogens is 380 g/mol. The molecule has 0 radical (unpaired) electrons. The highest BCUT2D eigenvalue weighted by molar-refractivity contribution is 7.26. The van der Waals surface area contributed by atoms with E-state index in [0.29, 0.717) is 5.41 Å². The molecule has 0 spiro atoms. The third kappa shape index (κ3) is 2.51. The molecule has 1 heteroatoms. The lowest BCUT2D eigenvalue weighted by atomic mass is 9.48. The second kappa shape index (κ2) is 6.20. The van der Waals surface area contributed by atoms with Crippen molar-refractivity contribution < 1.29 is 0 Å². The lowest BCUT2D eigenvalue weighted by Crippen LogP contribution is -2.48. The van der Waals surface area contributed by atoms with Crippen LogP contribution in [0.4, 0.5) is 0 Å². The smallest absolute Gasteiger partial charge is 0.0385 e. The molecule has 4 aliphatic rings. The van der Waals surface area contributed by atoms with Crippen molar-refractivity contribution in [3.8, 4) is 11.1 Å². The Kier molecular flexibility index (Phi) is 3.63. The Bertz CT molecular complexity index is 1240. The molecule has 0 amide bonds. The van der Waals surface area contributed by atoms with E-state index in [2.05, 4.69) is 67.6 Å². The highest BCUT2D eigenvalue weighted by Crippen LogP contribution is 2.60. The third-order valence-electron chi connectivity index (χ3n) is 8.53. The first kappa shape index (κ1) is 17.5. The molecule has 8 rings (SSSR count). The molecule has 0 nitrogen and oxygen atoms in total. The molecule has 0 saturated heterocycles. The Morgan fingerprint density at radius 1 is 0.733 bits per heavy atom. The number of benzene rings is 3. The summed E-state index contributed by atoms with van der Waals surface area (Å²) in [6.07, 6.45) is 8.90. The largest absolute Gasteiger partial charge is 0.135 e. The molecule has 0 aliphatic heterocycles. The van der Waals surface area contributed by atoms with Crippen LogP contribution in [-0.4, -0.2) is 0 Å². The summed E-state index contributed by atoms with van der Waals surface area (Å²) in [6.45, 7) is 2.27. The lowest BCUT2D eigenvalue weighted by Gasteiger charge is -2.57. The van der Waals surface area contributed by atoms with Crippen molar-refractivity contribution in [2.24, 2.45) is 17.8 Å². The number of fused-ring (bicyclic) bond motifs is 3. The number of rotatable bonds is 2. The van der Waals surface area contributed by atoms with Gasteiger partial charge >= 0.3 is 0 Å². The maximum Gasteiger partial charge on any atom is 0.0385 e. The highest BCUT2D eigenvalue weighted by Gasteiger charge is 2.51. The maximum atomic E-state index is 2.48. The zero-order valence-electron chi connectivity index (χ0n) is 17.7. The van der Waals surface area contributed by atoms with E-state index in [9.17, 15) is 0 Å². The van der Waals surface area contributed by atoms with Gasteiger partial charge in [0.1, 0.15) is 0 Å². The summed E-state index contributed by atoms with van der Waals surface area (Å²) in [7, 11) is 0. The van der Waals surface area contributed by atoms with Crippen LogP contribution in [0.25, 0.3) is 31.3 Å². The molecule has 30 heavy (non-hydrogen) atoms. The van der Waals surface area contributed by atoms with Crippen molar-refractivity contribution in [3.63, 3.8) is 0 Å². The van der Waals surface area contributed by atoms with Crippen LogP contribution in [-0.2, 0) is 5.41 Å². The predicted molar refractivity (Wildman–Crippen MR) is 129 cm³/mol. The van der Waals surface area contributed by atoms with Crippen LogP contribution in [0.3, 0.4) is 0 Å². The van der Waals surface area contributed by atoms with Gasteiger partial charge in [0.05, 0.1) is 0 Å². The number of hydrogen-bond donors (Lipinski definition) is 0. The molecule has 0 unspecified atom stereocenters. The van der Waals surface area contributed by atoms with Gasteiger partial charge in [-0.1, -0.05) is 42.5 Å². The van der Waals surface area contributed by atoms with Gasteiger partial charge in [-0.2, -0.15) is 0 Å². The summed E-state index contributed by atoms with van der Waals surface area (Å²) in [5.74, 6) is 3.02. The summed E-state index contributed by atoms with van der Waals surface area (Å²) >= 11 is 1.93. The minimum absolute atomic E-state index is 0.497. The Labute approximate surface area is 182 Å². The van der Waals surface area contributed by atoms with Crippen molar-refractivity contribution in [2.75, 3.05) is 0 Å². The molecule has 150 valence electrons. The van der Waals surface area contributed by atoms with Gasteiger partial charge in [0.25, 0.3) is 0 Å². The van der Waals surface area contributed by atoms with E-state index in [0.717, 1.165) is 17.8 Å². The number of hydrogen-bond acceptors (Lipinski definition) is 1. The van der Waals surface area contributed by atoms with Gasteiger partial charge in [0, 0.05) is 20.2 Å². The van der Waals surface area contributed by atoms with Crippen molar-refractivity contribution in [2.45, 2.75) is 50.9 Å². The number of thiophene rings is 1. The molecule has 4 aliphatic carbocycles. The normalized spacial score (nSPS) is 29.8. The summed E-state index contributed by atoms with van der Waals surface area (Å²) in [4.78, 5) is 0. The summed E-state index contributed by atoms with van der Waals surface area (Å²) < 4.78 is 2.83. The quantitative estimate of drug-likeness (QED) is 0.312. The van der Waals surface area contributed by atoms with Crippen LogP contribution in [0.5, 0.6) is 0 Å². The topological polar surface area (TPSA) is 0 Å². The van der Waals surface area contributed by atoms with Gasteiger partial charge in [-0.05, 0) is 109 Å². The molecule has 0 atom stereocenters. The Balaban J connectivity index is 1.29. The Hall–Kier alpha value is -2.12. The fraction of sp³-hybridized carbons (Fsp3) is 0.379. The van der Waals surface area contributed by atoms with E-state index >= 15 is 0 Å². The minimum Gasteiger partial charge on any atom is -0.135 e. The molecule has 4 bridgehead atoms. The van der Waals surface area contributed by atoms with E-state index in [1.54, 1.807) is 5.56 Å². The van der Waals surface area contributed by atoms with Gasteiger partial charge in [-0.25, -0.2) is 0 Å². The van der Waals surface area contributed by atoms with Gasteiger partial charge in [-0.15, -0.1) is 11.3 Å². The Morgan fingerprint density at radius 2 is 1.40 bits per heavy atom. The van der Waals surface area contributed by atoms with E-state index in [1.807, 2.05) is 11.3 Å². The van der Waals surface area contributed by atoms with Crippen LogP contribution in [0, 0.1) is 24.7 Å². The Morgan fingerprint density at radius 3 is 2.10 bits per heavy atom. The minimum atomic E-state index is 0.497. The van der Waals surface area contributed by atoms with Gasteiger partial charge in [-0.3, -0.25) is 0 Å².